The smallest absolute Gasteiger partial charge is 0.338 e. The van der Waals surface area contributed by atoms with Crippen LogP contribution in [0, 0.1) is 5.82 Å². The van der Waals surface area contributed by atoms with Crippen molar-refractivity contribution < 1.29 is 14.3 Å². The Labute approximate surface area is 105 Å². The third-order valence-corrected chi connectivity index (χ3v) is 4.18. The highest BCUT2D eigenvalue weighted by molar-refractivity contribution is 9.11. The first-order valence-corrected chi connectivity index (χ1v) is 5.46. The quantitative estimate of drug-likeness (QED) is 0.592. The summed E-state index contributed by atoms with van der Waals surface area (Å²) in [5.74, 6) is -2.12. The van der Waals surface area contributed by atoms with Gasteiger partial charge in [0.2, 0.25) is 0 Å². The van der Waals surface area contributed by atoms with Crippen molar-refractivity contribution in [2.45, 2.75) is 0 Å². The van der Waals surface area contributed by atoms with Gasteiger partial charge in [0, 0.05) is 0 Å². The van der Waals surface area contributed by atoms with Gasteiger partial charge >= 0.3 is 5.97 Å². The van der Waals surface area contributed by atoms with E-state index in [4.69, 9.17) is 28.3 Å². The van der Waals surface area contributed by atoms with Gasteiger partial charge in [0.15, 0.2) is 5.82 Å². The van der Waals surface area contributed by atoms with Crippen molar-refractivity contribution in [3.8, 4) is 0 Å². The molecule has 0 aromatic heterocycles. The molecule has 0 unspecified atom stereocenters. The van der Waals surface area contributed by atoms with E-state index >= 15 is 0 Å². The molecule has 1 rings (SSSR count). The topological polar surface area (TPSA) is 37.3 Å². The number of hydrogen-bond donors (Lipinski definition) is 1. The summed E-state index contributed by atoms with van der Waals surface area (Å²) in [7, 11) is 0. The Balaban J connectivity index is 3.68. The van der Waals surface area contributed by atoms with Crippen molar-refractivity contribution in [3.63, 3.8) is 0 Å². The van der Waals surface area contributed by atoms with Crippen LogP contribution in [0.3, 0.4) is 0 Å². The molecule has 0 radical (unpaired) electrons. The second-order valence-electron chi connectivity index (χ2n) is 2.25. The first-order chi connectivity index (χ1) is 6.37. The lowest BCUT2D eigenvalue weighted by Gasteiger charge is -2.07. The molecule has 1 aromatic carbocycles. The van der Waals surface area contributed by atoms with Crippen LogP contribution in [0.2, 0.25) is 10.0 Å². The van der Waals surface area contributed by atoms with Crippen LogP contribution in [0.1, 0.15) is 10.4 Å². The lowest BCUT2D eigenvalue weighted by molar-refractivity contribution is 0.0695. The van der Waals surface area contributed by atoms with Gasteiger partial charge in [0.25, 0.3) is 0 Å². The molecular formula is C7HBr2Cl2FO2. The maximum atomic E-state index is 13.2. The lowest BCUT2D eigenvalue weighted by atomic mass is 10.2. The third kappa shape index (κ3) is 1.91. The van der Waals surface area contributed by atoms with Crippen LogP contribution in [0.4, 0.5) is 4.39 Å². The van der Waals surface area contributed by atoms with E-state index in [9.17, 15) is 9.18 Å². The molecule has 7 heteroatoms. The summed E-state index contributed by atoms with van der Waals surface area (Å²) in [5, 5.41) is 8.08. The first kappa shape index (κ1) is 12.2. The molecule has 0 saturated heterocycles. The van der Waals surface area contributed by atoms with Gasteiger partial charge in [-0.15, -0.1) is 0 Å². The van der Waals surface area contributed by atoms with Crippen molar-refractivity contribution in [1.29, 1.82) is 0 Å². The van der Waals surface area contributed by atoms with Crippen molar-refractivity contribution in [2.75, 3.05) is 0 Å². The van der Waals surface area contributed by atoms with E-state index in [1.54, 1.807) is 0 Å². The zero-order valence-corrected chi connectivity index (χ0v) is 10.9. The second kappa shape index (κ2) is 4.35. The molecule has 0 heterocycles. The summed E-state index contributed by atoms with van der Waals surface area (Å²) in [6.07, 6.45) is 0. The fraction of sp³-hybridized carbons (Fsp3) is 0. The monoisotopic (exact) mass is 364 g/mol. The van der Waals surface area contributed by atoms with Crippen molar-refractivity contribution in [2.24, 2.45) is 0 Å². The van der Waals surface area contributed by atoms with Gasteiger partial charge in [-0.2, -0.15) is 0 Å². The number of carbonyl (C=O) groups is 1. The molecule has 0 aliphatic carbocycles. The van der Waals surface area contributed by atoms with E-state index in [1.807, 2.05) is 0 Å². The van der Waals surface area contributed by atoms with E-state index in [0.29, 0.717) is 0 Å². The molecule has 0 bridgehead atoms. The number of hydrogen-bond acceptors (Lipinski definition) is 1. The van der Waals surface area contributed by atoms with Crippen LogP contribution in [0.15, 0.2) is 8.95 Å². The van der Waals surface area contributed by atoms with Crippen LogP contribution in [-0.4, -0.2) is 11.1 Å². The highest BCUT2D eigenvalue weighted by Gasteiger charge is 2.23. The van der Waals surface area contributed by atoms with Gasteiger partial charge in [-0.3, -0.25) is 0 Å². The molecule has 2 nitrogen and oxygen atoms in total. The first-order valence-electron chi connectivity index (χ1n) is 3.12. The average Bonchev–Trinajstić information content (AvgIpc) is 2.11. The summed E-state index contributed by atoms with van der Waals surface area (Å²) in [4.78, 5) is 10.8. The maximum Gasteiger partial charge on any atom is 0.338 e. The Morgan fingerprint density at radius 1 is 1.21 bits per heavy atom. The number of halogens is 5. The molecule has 0 aliphatic heterocycles. The number of carboxylic acids is 1. The minimum atomic E-state index is -1.26. The van der Waals surface area contributed by atoms with E-state index < -0.39 is 11.8 Å². The number of benzene rings is 1. The minimum absolute atomic E-state index is 0.0413. The Morgan fingerprint density at radius 3 is 1.86 bits per heavy atom. The summed E-state index contributed by atoms with van der Waals surface area (Å²) in [5.41, 5.74) is -0.207. The van der Waals surface area contributed by atoms with Gasteiger partial charge < -0.3 is 5.11 Å². The predicted octanol–water partition coefficient (Wildman–Crippen LogP) is 4.36. The standard InChI is InChI=1S/C7HBr2Cl2FO2/c8-2-1(7(13)14)3(9)5(11)6(12)4(2)10/h(H,13,14). The SMILES string of the molecule is O=C(O)c1c(Br)c(Cl)c(F)c(Cl)c1Br. The Bertz CT molecular complexity index is 394. The van der Waals surface area contributed by atoms with Gasteiger partial charge in [-0.05, 0) is 31.9 Å². The van der Waals surface area contributed by atoms with E-state index in [-0.39, 0.29) is 24.6 Å². The number of carboxylic acid groups (broad SMARTS) is 1. The molecule has 0 saturated carbocycles. The minimum Gasteiger partial charge on any atom is -0.478 e. The molecule has 0 atom stereocenters. The van der Waals surface area contributed by atoms with Crippen LogP contribution in [-0.2, 0) is 0 Å². The molecule has 0 fully saturated rings. The molecule has 0 amide bonds. The zero-order chi connectivity index (χ0) is 11.0. The third-order valence-electron chi connectivity index (χ3n) is 1.42. The van der Waals surface area contributed by atoms with E-state index in [2.05, 4.69) is 31.9 Å². The highest BCUT2D eigenvalue weighted by Crippen LogP contribution is 2.40. The van der Waals surface area contributed by atoms with Crippen LogP contribution in [0.5, 0.6) is 0 Å². The second-order valence-corrected chi connectivity index (χ2v) is 4.59. The molecule has 0 spiro atoms. The Hall–Kier alpha value is 0.160. The number of aromatic carboxylic acids is 1. The predicted molar refractivity (Wildman–Crippen MR) is 58.8 cm³/mol. The van der Waals surface area contributed by atoms with Crippen LogP contribution < -0.4 is 0 Å². The lowest BCUT2D eigenvalue weighted by Crippen LogP contribution is -2.02. The Kier molecular flexibility index (Phi) is 3.80. The van der Waals surface area contributed by atoms with Gasteiger partial charge in [-0.1, -0.05) is 23.2 Å². The van der Waals surface area contributed by atoms with Gasteiger partial charge in [-0.25, -0.2) is 9.18 Å². The average molecular weight is 367 g/mol. The molecule has 0 aliphatic rings. The normalized spacial score (nSPS) is 10.4. The Morgan fingerprint density at radius 2 is 1.57 bits per heavy atom. The van der Waals surface area contributed by atoms with Crippen LogP contribution in [0.25, 0.3) is 0 Å². The highest BCUT2D eigenvalue weighted by atomic mass is 79.9. The molecule has 76 valence electrons. The summed E-state index contributed by atoms with van der Waals surface area (Å²) >= 11 is 16.8. The van der Waals surface area contributed by atoms with Gasteiger partial charge in [0.05, 0.1) is 24.6 Å². The molecule has 1 aromatic rings. The van der Waals surface area contributed by atoms with E-state index in [1.165, 1.54) is 0 Å². The summed E-state index contributed by atoms with van der Waals surface area (Å²) in [6.45, 7) is 0. The van der Waals surface area contributed by atoms with Crippen molar-refractivity contribution in [1.82, 2.24) is 0 Å². The van der Waals surface area contributed by atoms with Crippen molar-refractivity contribution in [3.05, 3.63) is 30.4 Å². The summed E-state index contributed by atoms with van der Waals surface area (Å²) < 4.78 is 13.1. The largest absolute Gasteiger partial charge is 0.478 e. The fourth-order valence-electron chi connectivity index (χ4n) is 0.793. The summed E-state index contributed by atoms with van der Waals surface area (Å²) in [6, 6.07) is 0. The van der Waals surface area contributed by atoms with Crippen LogP contribution >= 0.6 is 55.1 Å². The number of rotatable bonds is 1. The van der Waals surface area contributed by atoms with E-state index in [0.717, 1.165) is 0 Å². The molecule has 14 heavy (non-hydrogen) atoms. The van der Waals surface area contributed by atoms with Crippen molar-refractivity contribution >= 4 is 61.0 Å². The zero-order valence-electron chi connectivity index (χ0n) is 6.25. The van der Waals surface area contributed by atoms with Gasteiger partial charge in [0.1, 0.15) is 0 Å². The molecule has 1 N–H and O–H groups in total. The molecular weight excluding hydrogens is 366 g/mol. The maximum absolute atomic E-state index is 13.2. The fourth-order valence-corrected chi connectivity index (χ4v) is 2.57.